The summed E-state index contributed by atoms with van der Waals surface area (Å²) in [7, 11) is -2.10. The van der Waals surface area contributed by atoms with E-state index >= 15 is 0 Å². The molecule has 0 aromatic carbocycles. The van der Waals surface area contributed by atoms with Crippen LogP contribution in [0.2, 0.25) is 0 Å². The van der Waals surface area contributed by atoms with Crippen LogP contribution >= 0.6 is 0 Å². The Bertz CT molecular complexity index is 574. The van der Waals surface area contributed by atoms with Crippen LogP contribution in [0.3, 0.4) is 0 Å². The first-order valence-corrected chi connectivity index (χ1v) is 7.08. The molecule has 1 fully saturated rings. The van der Waals surface area contributed by atoms with Crippen LogP contribution in [0.4, 0.5) is 0 Å². The number of aryl methyl sites for hydroxylation is 1. The first-order valence-electron chi connectivity index (χ1n) is 5.64. The van der Waals surface area contributed by atoms with Gasteiger partial charge in [0.1, 0.15) is 6.17 Å². The summed E-state index contributed by atoms with van der Waals surface area (Å²) < 4.78 is 27.4. The number of piperidine rings is 1. The molecule has 1 aromatic heterocycles. The first-order chi connectivity index (χ1) is 8.57. The number of nitrogens with zero attached hydrogens (tertiary/aromatic N) is 4. The summed E-state index contributed by atoms with van der Waals surface area (Å²) >= 11 is 0. The van der Waals surface area contributed by atoms with Crippen molar-refractivity contribution in [2.75, 3.05) is 6.54 Å². The van der Waals surface area contributed by atoms with Gasteiger partial charge in [-0.25, -0.2) is 13.2 Å². The number of rotatable bonds is 3. The van der Waals surface area contributed by atoms with E-state index in [0.717, 1.165) is 12.8 Å². The Hall–Kier alpha value is -1.50. The Labute approximate surface area is 105 Å². The van der Waals surface area contributed by atoms with Gasteiger partial charge in [-0.15, -0.1) is 0 Å². The number of hydrogen-bond donors (Lipinski definition) is 0. The van der Waals surface area contributed by atoms with E-state index in [9.17, 15) is 13.2 Å². The highest BCUT2D eigenvalue weighted by molar-refractivity contribution is 7.89. The normalized spacial score (nSPS) is 21.5. The smallest absolute Gasteiger partial charge is 0.256 e. The Morgan fingerprint density at radius 3 is 2.89 bits per heavy atom. The van der Waals surface area contributed by atoms with E-state index in [2.05, 4.69) is 10.1 Å². The van der Waals surface area contributed by atoms with Crippen LogP contribution in [-0.4, -0.2) is 41.3 Å². The minimum atomic E-state index is -3.66. The number of hydrogen-bond acceptors (Lipinski definition) is 5. The van der Waals surface area contributed by atoms with Crippen LogP contribution in [0.25, 0.3) is 0 Å². The zero-order valence-electron chi connectivity index (χ0n) is 9.98. The number of carbonyl (C=O) groups excluding carboxylic acids is 1. The van der Waals surface area contributed by atoms with Gasteiger partial charge in [0, 0.05) is 13.6 Å². The van der Waals surface area contributed by atoms with Crippen LogP contribution < -0.4 is 0 Å². The molecule has 2 heterocycles. The van der Waals surface area contributed by atoms with Crippen molar-refractivity contribution >= 4 is 16.1 Å². The summed E-state index contributed by atoms with van der Waals surface area (Å²) in [5.74, 6) is 0. The highest BCUT2D eigenvalue weighted by atomic mass is 32.2. The Morgan fingerprint density at radius 1 is 1.50 bits per heavy atom. The first kappa shape index (κ1) is 12.9. The van der Waals surface area contributed by atoms with Crippen molar-refractivity contribution in [3.05, 3.63) is 12.3 Å². The molecular weight excluding hydrogens is 256 g/mol. The van der Waals surface area contributed by atoms with Crippen molar-refractivity contribution in [2.24, 2.45) is 12.0 Å². The van der Waals surface area contributed by atoms with E-state index in [1.165, 1.54) is 27.3 Å². The molecule has 0 N–H and O–H groups in total. The molecule has 0 radical (unpaired) electrons. The van der Waals surface area contributed by atoms with Gasteiger partial charge in [0.25, 0.3) is 10.0 Å². The zero-order chi connectivity index (χ0) is 13.2. The average Bonchev–Trinajstić information content (AvgIpc) is 2.77. The third kappa shape index (κ3) is 2.22. The van der Waals surface area contributed by atoms with Gasteiger partial charge >= 0.3 is 0 Å². The van der Waals surface area contributed by atoms with E-state index in [0.29, 0.717) is 13.0 Å². The summed E-state index contributed by atoms with van der Waals surface area (Å²) in [6.07, 6.45) is 4.40. The van der Waals surface area contributed by atoms with Crippen LogP contribution in [-0.2, 0) is 21.9 Å². The lowest BCUT2D eigenvalue weighted by atomic mass is 10.1. The van der Waals surface area contributed by atoms with Crippen molar-refractivity contribution < 1.29 is 13.2 Å². The summed E-state index contributed by atoms with van der Waals surface area (Å²) in [5.41, 5.74) is 0. The molecule has 0 spiro atoms. The highest BCUT2D eigenvalue weighted by Crippen LogP contribution is 2.25. The molecule has 1 aliphatic heterocycles. The van der Waals surface area contributed by atoms with Gasteiger partial charge in [-0.1, -0.05) is 0 Å². The fraction of sp³-hybridized carbons (Fsp3) is 0.600. The Kier molecular flexibility index (Phi) is 3.60. The van der Waals surface area contributed by atoms with Gasteiger partial charge in [-0.05, 0) is 25.3 Å². The van der Waals surface area contributed by atoms with Crippen molar-refractivity contribution in [3.63, 3.8) is 0 Å². The number of sulfonamides is 1. The maximum Gasteiger partial charge on any atom is 0.262 e. The molecule has 7 nitrogen and oxygen atoms in total. The summed E-state index contributed by atoms with van der Waals surface area (Å²) in [5, 5.41) is 3.96. The predicted molar refractivity (Wildman–Crippen MR) is 62.9 cm³/mol. The van der Waals surface area contributed by atoms with Gasteiger partial charge < -0.3 is 0 Å². The third-order valence-corrected chi connectivity index (χ3v) is 4.95. The number of aromatic nitrogens is 2. The Balaban J connectivity index is 2.39. The minimum Gasteiger partial charge on any atom is -0.256 e. The van der Waals surface area contributed by atoms with Gasteiger partial charge in [0.05, 0.1) is 6.20 Å². The molecule has 1 unspecified atom stereocenters. The maximum absolute atomic E-state index is 12.4. The van der Waals surface area contributed by atoms with Crippen molar-refractivity contribution in [1.82, 2.24) is 14.1 Å². The Morgan fingerprint density at radius 2 is 2.28 bits per heavy atom. The maximum atomic E-state index is 12.4. The second-order valence-corrected chi connectivity index (χ2v) is 5.94. The van der Waals surface area contributed by atoms with Crippen LogP contribution in [0.1, 0.15) is 19.3 Å². The average molecular weight is 270 g/mol. The van der Waals surface area contributed by atoms with Crippen LogP contribution in [0.15, 0.2) is 22.3 Å². The molecule has 0 saturated carbocycles. The molecule has 8 heteroatoms. The molecule has 2 rings (SSSR count). The van der Waals surface area contributed by atoms with E-state index in [4.69, 9.17) is 0 Å². The van der Waals surface area contributed by atoms with E-state index in [1.54, 1.807) is 7.05 Å². The third-order valence-electron chi connectivity index (χ3n) is 2.97. The number of aliphatic imine (C=N–C) groups is 1. The van der Waals surface area contributed by atoms with Gasteiger partial charge in [-0.2, -0.15) is 14.4 Å². The largest absolute Gasteiger partial charge is 0.262 e. The molecule has 98 valence electrons. The van der Waals surface area contributed by atoms with E-state index < -0.39 is 16.2 Å². The lowest BCUT2D eigenvalue weighted by Gasteiger charge is -2.30. The molecule has 1 aromatic rings. The topological polar surface area (TPSA) is 84.6 Å². The quantitative estimate of drug-likeness (QED) is 0.582. The second kappa shape index (κ2) is 5.01. The lowest BCUT2D eigenvalue weighted by molar-refractivity contribution is 0.258. The molecule has 0 bridgehead atoms. The summed E-state index contributed by atoms with van der Waals surface area (Å²) in [6.45, 7) is 0.364. The lowest BCUT2D eigenvalue weighted by Crippen LogP contribution is -2.43. The molecular formula is C10H14N4O3S. The SMILES string of the molecule is Cn1nccc1S(=O)(=O)N1CCCCC1N=C=O. The molecule has 18 heavy (non-hydrogen) atoms. The van der Waals surface area contributed by atoms with E-state index in [-0.39, 0.29) is 5.03 Å². The van der Waals surface area contributed by atoms with Gasteiger partial charge in [0.15, 0.2) is 5.03 Å². The molecule has 1 aliphatic rings. The predicted octanol–water partition coefficient (Wildman–Crippen LogP) is 0.257. The molecule has 0 aliphatic carbocycles. The number of isocyanates is 1. The monoisotopic (exact) mass is 270 g/mol. The van der Waals surface area contributed by atoms with E-state index in [1.807, 2.05) is 0 Å². The zero-order valence-corrected chi connectivity index (χ0v) is 10.8. The molecule has 1 atom stereocenters. The fourth-order valence-corrected chi connectivity index (χ4v) is 3.79. The fourth-order valence-electron chi connectivity index (χ4n) is 2.09. The minimum absolute atomic E-state index is 0.107. The van der Waals surface area contributed by atoms with Crippen LogP contribution in [0.5, 0.6) is 0 Å². The second-order valence-electron chi connectivity index (χ2n) is 4.11. The van der Waals surface area contributed by atoms with Crippen LogP contribution in [0, 0.1) is 0 Å². The van der Waals surface area contributed by atoms with Crippen molar-refractivity contribution in [2.45, 2.75) is 30.5 Å². The summed E-state index contributed by atoms with van der Waals surface area (Å²) in [4.78, 5) is 14.0. The van der Waals surface area contributed by atoms with Gasteiger partial charge in [0.2, 0.25) is 6.08 Å². The molecule has 0 amide bonds. The summed E-state index contributed by atoms with van der Waals surface area (Å²) in [6, 6.07) is 1.44. The van der Waals surface area contributed by atoms with Gasteiger partial charge in [-0.3, -0.25) is 4.68 Å². The van der Waals surface area contributed by atoms with Crippen molar-refractivity contribution in [3.8, 4) is 0 Å². The standard InChI is InChI=1S/C10H14N4O3S/c1-13-10(5-6-12-13)18(16,17)14-7-3-2-4-9(14)11-8-15/h5-6,9H,2-4,7H2,1H3. The molecule has 1 saturated heterocycles. The van der Waals surface area contributed by atoms with Crippen molar-refractivity contribution in [1.29, 1.82) is 0 Å². The highest BCUT2D eigenvalue weighted by Gasteiger charge is 2.35.